The highest BCUT2D eigenvalue weighted by Crippen LogP contribution is 2.30. The van der Waals surface area contributed by atoms with Crippen LogP contribution in [0.15, 0.2) is 84.9 Å². The molecule has 1 unspecified atom stereocenters. The Hall–Kier alpha value is -4.59. The normalized spacial score (nSPS) is 15.6. The molecule has 3 aromatic carbocycles. The van der Waals surface area contributed by atoms with Gasteiger partial charge < -0.3 is 10.2 Å². The van der Waals surface area contributed by atoms with Crippen LogP contribution in [0.5, 0.6) is 0 Å². The number of amides is 1. The van der Waals surface area contributed by atoms with Gasteiger partial charge in [-0.3, -0.25) is 4.79 Å². The zero-order valence-electron chi connectivity index (χ0n) is 20.1. The average molecular weight is 493 g/mol. The summed E-state index contributed by atoms with van der Waals surface area (Å²) in [5.41, 5.74) is 5.32. The van der Waals surface area contributed by atoms with Crippen LogP contribution in [0.2, 0.25) is 0 Å². The van der Waals surface area contributed by atoms with Gasteiger partial charge in [0.05, 0.1) is 11.3 Å². The van der Waals surface area contributed by atoms with Crippen molar-refractivity contribution in [1.29, 1.82) is 0 Å². The van der Waals surface area contributed by atoms with E-state index in [1.165, 1.54) is 24.1 Å². The zero-order chi connectivity index (χ0) is 25.2. The van der Waals surface area contributed by atoms with Gasteiger partial charge >= 0.3 is 0 Å². The summed E-state index contributed by atoms with van der Waals surface area (Å²) >= 11 is 0. The summed E-state index contributed by atoms with van der Waals surface area (Å²) in [5.74, 6) is -0.610. The zero-order valence-corrected chi connectivity index (χ0v) is 20.1. The van der Waals surface area contributed by atoms with E-state index in [1.807, 2.05) is 30.3 Å². The third-order valence-corrected chi connectivity index (χ3v) is 6.87. The van der Waals surface area contributed by atoms with Crippen molar-refractivity contribution in [3.63, 3.8) is 0 Å². The molecule has 1 amide bonds. The van der Waals surface area contributed by atoms with Crippen molar-refractivity contribution in [2.24, 2.45) is 0 Å². The lowest BCUT2D eigenvalue weighted by atomic mass is 9.90. The van der Waals surface area contributed by atoms with Crippen LogP contribution in [-0.2, 0) is 0 Å². The molecule has 0 saturated carbocycles. The second-order valence-electron chi connectivity index (χ2n) is 9.25. The van der Waals surface area contributed by atoms with Crippen LogP contribution in [0.4, 0.5) is 15.8 Å². The van der Waals surface area contributed by atoms with Gasteiger partial charge in [-0.1, -0.05) is 30.3 Å². The number of nitrogens with zero attached hydrogens (tertiary/aromatic N) is 4. The van der Waals surface area contributed by atoms with E-state index < -0.39 is 11.7 Å². The number of hydrogen-bond donors (Lipinski definition) is 2. The molecule has 0 aliphatic carbocycles. The van der Waals surface area contributed by atoms with E-state index >= 15 is 0 Å². The minimum atomic E-state index is -0.597. The number of carbonyl (C=O) groups excluding carboxylic acids is 1. The third-order valence-electron chi connectivity index (χ3n) is 6.87. The first-order valence-corrected chi connectivity index (χ1v) is 12.3. The lowest BCUT2D eigenvalue weighted by molar-refractivity contribution is 0.102. The van der Waals surface area contributed by atoms with Gasteiger partial charge in [-0.25, -0.2) is 9.37 Å². The van der Waals surface area contributed by atoms with E-state index in [-0.39, 0.29) is 5.56 Å². The largest absolute Gasteiger partial charge is 0.371 e. The molecule has 6 rings (SSSR count). The number of H-pyrrole nitrogens is 1. The summed E-state index contributed by atoms with van der Waals surface area (Å²) < 4.78 is 14.6. The van der Waals surface area contributed by atoms with Crippen LogP contribution < -0.4 is 10.2 Å². The lowest BCUT2D eigenvalue weighted by Gasteiger charge is -2.34. The number of aromatic amines is 1. The Bertz CT molecular complexity index is 1550. The highest BCUT2D eigenvalue weighted by Gasteiger charge is 2.21. The first-order chi connectivity index (χ1) is 18.1. The molecule has 1 aliphatic rings. The highest BCUT2D eigenvalue weighted by atomic mass is 19.1. The molecule has 1 saturated heterocycles. The van der Waals surface area contributed by atoms with Crippen molar-refractivity contribution in [2.45, 2.75) is 18.8 Å². The quantitative estimate of drug-likeness (QED) is 0.324. The molecule has 184 valence electrons. The summed E-state index contributed by atoms with van der Waals surface area (Å²) in [7, 11) is 0. The Kier molecular flexibility index (Phi) is 6.06. The predicted octanol–water partition coefficient (Wildman–Crippen LogP) is 5.80. The number of benzene rings is 3. The number of fused-ring (bicyclic) bond motifs is 1. The van der Waals surface area contributed by atoms with Gasteiger partial charge in [0.15, 0.2) is 0 Å². The molecule has 0 bridgehead atoms. The van der Waals surface area contributed by atoms with Gasteiger partial charge in [0, 0.05) is 35.9 Å². The first-order valence-electron chi connectivity index (χ1n) is 12.3. The Balaban J connectivity index is 1.16. The lowest BCUT2D eigenvalue weighted by Crippen LogP contribution is -2.34. The Labute approximate surface area is 213 Å². The standard InChI is InChI=1S/C29H25FN6O/c30-25-13-8-20(26-14-15-27-28(32-26)34-35-33-27)17-24(25)29(37)31-22-9-11-23(12-10-22)36-16-4-7-21(18-36)19-5-2-1-3-6-19/h1-3,5-6,8-15,17,21H,4,7,16,18H2,(H,31,37)(H,32,33,34,35). The molecule has 1 aliphatic heterocycles. The fourth-order valence-electron chi connectivity index (χ4n) is 4.92. The smallest absolute Gasteiger partial charge is 0.258 e. The summed E-state index contributed by atoms with van der Waals surface area (Å²) in [6.07, 6.45) is 2.31. The van der Waals surface area contributed by atoms with Crippen LogP contribution in [0.1, 0.15) is 34.7 Å². The number of carbonyl (C=O) groups is 1. The van der Waals surface area contributed by atoms with Gasteiger partial charge in [-0.05, 0) is 73.0 Å². The van der Waals surface area contributed by atoms with Gasteiger partial charge in [0.2, 0.25) is 5.65 Å². The summed E-state index contributed by atoms with van der Waals surface area (Å²) in [6.45, 7) is 1.96. The topological polar surface area (TPSA) is 86.8 Å². The van der Waals surface area contributed by atoms with Crippen molar-refractivity contribution in [3.05, 3.63) is 102 Å². The molecule has 5 aromatic rings. The fraction of sp³-hybridized carbons (Fsp3) is 0.172. The Morgan fingerprint density at radius 2 is 1.81 bits per heavy atom. The molecule has 37 heavy (non-hydrogen) atoms. The molecular weight excluding hydrogens is 467 g/mol. The van der Waals surface area contributed by atoms with Crippen LogP contribution in [0.3, 0.4) is 0 Å². The van der Waals surface area contributed by atoms with Crippen LogP contribution >= 0.6 is 0 Å². The van der Waals surface area contributed by atoms with E-state index in [0.717, 1.165) is 25.2 Å². The molecule has 3 heterocycles. The second kappa shape index (κ2) is 9.81. The number of halogens is 1. The maximum Gasteiger partial charge on any atom is 0.258 e. The highest BCUT2D eigenvalue weighted by molar-refractivity contribution is 6.05. The first kappa shape index (κ1) is 22.8. The average Bonchev–Trinajstić information content (AvgIpc) is 3.42. The monoisotopic (exact) mass is 492 g/mol. The van der Waals surface area contributed by atoms with E-state index in [4.69, 9.17) is 0 Å². The summed E-state index contributed by atoms with van der Waals surface area (Å²) in [4.78, 5) is 19.8. The van der Waals surface area contributed by atoms with Crippen molar-refractivity contribution in [1.82, 2.24) is 20.4 Å². The Morgan fingerprint density at radius 3 is 2.65 bits per heavy atom. The predicted molar refractivity (Wildman–Crippen MR) is 142 cm³/mol. The van der Waals surface area contributed by atoms with Gasteiger partial charge in [0.1, 0.15) is 11.3 Å². The van der Waals surface area contributed by atoms with E-state index in [0.29, 0.717) is 34.0 Å². The number of pyridine rings is 1. The van der Waals surface area contributed by atoms with Crippen LogP contribution in [0.25, 0.3) is 22.4 Å². The number of anilines is 2. The Morgan fingerprint density at radius 1 is 0.973 bits per heavy atom. The molecule has 0 spiro atoms. The molecule has 0 radical (unpaired) electrons. The molecule has 2 aromatic heterocycles. The van der Waals surface area contributed by atoms with Crippen molar-refractivity contribution in [3.8, 4) is 11.3 Å². The molecular formula is C29H25FN6O. The summed E-state index contributed by atoms with van der Waals surface area (Å²) in [5, 5.41) is 13.3. The number of piperidine rings is 1. The summed E-state index contributed by atoms with van der Waals surface area (Å²) in [6, 6.07) is 26.3. The molecule has 7 nitrogen and oxygen atoms in total. The van der Waals surface area contributed by atoms with Crippen molar-refractivity contribution >= 4 is 28.4 Å². The number of hydrogen-bond acceptors (Lipinski definition) is 5. The van der Waals surface area contributed by atoms with Crippen molar-refractivity contribution in [2.75, 3.05) is 23.3 Å². The van der Waals surface area contributed by atoms with E-state index in [2.05, 4.69) is 54.9 Å². The fourth-order valence-corrected chi connectivity index (χ4v) is 4.92. The maximum absolute atomic E-state index is 14.6. The SMILES string of the molecule is O=C(Nc1ccc(N2CCCC(c3ccccc3)C2)cc1)c1cc(-c2ccc3n[nH]nc3n2)ccc1F. The van der Waals surface area contributed by atoms with E-state index in [1.54, 1.807) is 18.2 Å². The van der Waals surface area contributed by atoms with E-state index in [9.17, 15) is 9.18 Å². The number of nitrogens with one attached hydrogen (secondary N) is 2. The van der Waals surface area contributed by atoms with Gasteiger partial charge in [-0.2, -0.15) is 10.3 Å². The number of rotatable bonds is 5. The number of aromatic nitrogens is 4. The van der Waals surface area contributed by atoms with Crippen molar-refractivity contribution < 1.29 is 9.18 Å². The van der Waals surface area contributed by atoms with Gasteiger partial charge in [-0.15, -0.1) is 5.10 Å². The molecule has 1 atom stereocenters. The van der Waals surface area contributed by atoms with Crippen LogP contribution in [-0.4, -0.2) is 39.4 Å². The second-order valence-corrected chi connectivity index (χ2v) is 9.25. The molecule has 1 fully saturated rings. The van der Waals surface area contributed by atoms with Gasteiger partial charge in [0.25, 0.3) is 5.91 Å². The molecule has 2 N–H and O–H groups in total. The molecule has 8 heteroatoms. The minimum Gasteiger partial charge on any atom is -0.371 e. The minimum absolute atomic E-state index is 0.0506. The van der Waals surface area contributed by atoms with Crippen LogP contribution in [0, 0.1) is 5.82 Å². The maximum atomic E-state index is 14.6. The third kappa shape index (κ3) is 4.78.